The average molecular weight is 171 g/mol. The van der Waals surface area contributed by atoms with E-state index >= 15 is 0 Å². The van der Waals surface area contributed by atoms with Crippen LogP contribution in [-0.2, 0) is 21.3 Å². The van der Waals surface area contributed by atoms with E-state index in [9.17, 15) is 4.79 Å². The van der Waals surface area contributed by atoms with Crippen LogP contribution in [0.2, 0.25) is 0 Å². The van der Waals surface area contributed by atoms with Crippen LogP contribution in [0.1, 0.15) is 6.92 Å². The highest BCUT2D eigenvalue weighted by Gasteiger charge is 2.13. The molecule has 0 aliphatic carbocycles. The third-order valence-electron chi connectivity index (χ3n) is 0.409. The van der Waals surface area contributed by atoms with Crippen LogP contribution in [0.4, 0.5) is 0 Å². The molecule has 0 heterocycles. The quantitative estimate of drug-likeness (QED) is 0.305. The summed E-state index contributed by atoms with van der Waals surface area (Å²) in [5.41, 5.74) is 0. The number of carbonyl (C=O) groups is 1. The van der Waals surface area contributed by atoms with Gasteiger partial charge < -0.3 is 4.89 Å². The summed E-state index contributed by atoms with van der Waals surface area (Å²) in [6.07, 6.45) is 0. The van der Waals surface area contributed by atoms with Gasteiger partial charge in [0.1, 0.15) is 0 Å². The number of hydrogen-bond donors (Lipinski definition) is 3. The lowest BCUT2D eigenvalue weighted by molar-refractivity contribution is -0.141. The zero-order chi connectivity index (χ0) is 7.49. The van der Waals surface area contributed by atoms with Gasteiger partial charge in [0.2, 0.25) is 5.91 Å². The van der Waals surface area contributed by atoms with Gasteiger partial charge in [-0.15, -0.1) is 0 Å². The van der Waals surface area contributed by atoms with E-state index in [0.717, 1.165) is 6.92 Å². The molecule has 1 unspecified atom stereocenters. The molecule has 1 atom stereocenters. The molecule has 0 aromatic heterocycles. The van der Waals surface area contributed by atoms with E-state index in [1.54, 1.807) is 0 Å². The first-order valence-electron chi connectivity index (χ1n) is 1.93. The molecule has 0 spiro atoms. The predicted molar refractivity (Wildman–Crippen MR) is 34.0 cm³/mol. The standard InChI is InChI=1S/C2H6NO4PS/c1-2(4)3-8(6,9)7-5/h5H,1H3,(H2,3,4,6,9). The van der Waals surface area contributed by atoms with Crippen molar-refractivity contribution in [3.63, 3.8) is 0 Å². The molecule has 0 fully saturated rings. The monoisotopic (exact) mass is 171 g/mol. The van der Waals surface area contributed by atoms with Gasteiger partial charge in [0.05, 0.1) is 0 Å². The molecule has 0 aliphatic heterocycles. The largest absolute Gasteiger partial charge is 0.328 e. The summed E-state index contributed by atoms with van der Waals surface area (Å²) < 4.78 is 3.40. The summed E-state index contributed by atoms with van der Waals surface area (Å²) in [6, 6.07) is 0. The SMILES string of the molecule is CC(=O)NP(O)(=S)OO. The second-order valence-electron chi connectivity index (χ2n) is 1.27. The third kappa shape index (κ3) is 4.50. The Morgan fingerprint density at radius 3 is 2.44 bits per heavy atom. The zero-order valence-corrected chi connectivity index (χ0v) is 6.28. The van der Waals surface area contributed by atoms with Gasteiger partial charge in [-0.05, 0) is 11.8 Å². The Balaban J connectivity index is 3.88. The van der Waals surface area contributed by atoms with Crippen LogP contribution in [0.15, 0.2) is 0 Å². The van der Waals surface area contributed by atoms with Crippen LogP contribution < -0.4 is 5.09 Å². The lowest BCUT2D eigenvalue weighted by Crippen LogP contribution is -2.16. The molecule has 0 saturated heterocycles. The number of carbonyl (C=O) groups excluding carboxylic acids is 1. The Morgan fingerprint density at radius 1 is 1.89 bits per heavy atom. The van der Waals surface area contributed by atoms with E-state index < -0.39 is 12.5 Å². The fourth-order valence-electron chi connectivity index (χ4n) is 0.219. The Hall–Kier alpha value is -0.0000000000000000416. The van der Waals surface area contributed by atoms with Crippen LogP contribution in [0, 0.1) is 0 Å². The highest BCUT2D eigenvalue weighted by atomic mass is 32.5. The summed E-state index contributed by atoms with van der Waals surface area (Å²) in [5.74, 6) is -0.546. The summed E-state index contributed by atoms with van der Waals surface area (Å²) >= 11 is 4.18. The van der Waals surface area contributed by atoms with Crippen molar-refractivity contribution in [3.8, 4) is 0 Å². The molecule has 0 bridgehead atoms. The smallest absolute Gasteiger partial charge is 0.316 e. The predicted octanol–water partition coefficient (Wildman–Crippen LogP) is -0.171. The summed E-state index contributed by atoms with van der Waals surface area (Å²) in [7, 11) is 0. The molecule has 0 aromatic carbocycles. The lowest BCUT2D eigenvalue weighted by Gasteiger charge is -2.08. The van der Waals surface area contributed by atoms with Crippen molar-refractivity contribution < 1.29 is 19.6 Å². The van der Waals surface area contributed by atoms with Gasteiger partial charge in [-0.3, -0.25) is 9.88 Å². The van der Waals surface area contributed by atoms with Crippen LogP contribution in [-0.4, -0.2) is 16.1 Å². The minimum Gasteiger partial charge on any atom is -0.328 e. The van der Waals surface area contributed by atoms with Crippen molar-refractivity contribution in [3.05, 3.63) is 0 Å². The van der Waals surface area contributed by atoms with Crippen LogP contribution in [0.5, 0.6) is 0 Å². The average Bonchev–Trinajstić information content (AvgIpc) is 1.63. The fraction of sp³-hybridized carbons (Fsp3) is 0.500. The maximum absolute atomic E-state index is 10.1. The van der Waals surface area contributed by atoms with Crippen molar-refractivity contribution in [2.24, 2.45) is 0 Å². The first-order chi connectivity index (χ1) is 3.98. The Kier molecular flexibility index (Phi) is 3.24. The van der Waals surface area contributed by atoms with Gasteiger partial charge in [-0.25, -0.2) is 5.26 Å². The van der Waals surface area contributed by atoms with Crippen molar-refractivity contribution in [1.82, 2.24) is 5.09 Å². The van der Waals surface area contributed by atoms with E-state index in [1.165, 1.54) is 0 Å². The van der Waals surface area contributed by atoms with Crippen molar-refractivity contribution in [1.29, 1.82) is 0 Å². The van der Waals surface area contributed by atoms with Gasteiger partial charge >= 0.3 is 6.64 Å². The highest BCUT2D eigenvalue weighted by Crippen LogP contribution is 2.34. The van der Waals surface area contributed by atoms with Crippen molar-refractivity contribution in [2.45, 2.75) is 6.92 Å². The van der Waals surface area contributed by atoms with Gasteiger partial charge in [-0.1, -0.05) is 0 Å². The number of nitrogens with one attached hydrogen (secondary N) is 1. The van der Waals surface area contributed by atoms with Gasteiger partial charge in [0, 0.05) is 6.92 Å². The second-order valence-corrected chi connectivity index (χ2v) is 4.18. The van der Waals surface area contributed by atoms with Crippen LogP contribution in [0.3, 0.4) is 0 Å². The minimum atomic E-state index is -3.44. The molecule has 0 aromatic rings. The molecule has 0 radical (unpaired) electrons. The summed E-state index contributed by atoms with van der Waals surface area (Å²) in [5, 5.41) is 9.66. The van der Waals surface area contributed by atoms with Gasteiger partial charge in [0.25, 0.3) is 0 Å². The molecule has 54 valence electrons. The fourth-order valence-corrected chi connectivity index (χ4v) is 1.04. The normalized spacial score (nSPS) is 16.3. The molecule has 0 aliphatic rings. The molecule has 0 saturated carbocycles. The number of amides is 1. The van der Waals surface area contributed by atoms with E-state index in [0.29, 0.717) is 0 Å². The molecular formula is C2H6NO4PS. The van der Waals surface area contributed by atoms with Gasteiger partial charge in [-0.2, -0.15) is 4.67 Å². The summed E-state index contributed by atoms with van der Waals surface area (Å²) in [4.78, 5) is 18.7. The number of rotatable bonds is 2. The minimum absolute atomic E-state index is 0.546. The van der Waals surface area contributed by atoms with Crippen molar-refractivity contribution in [2.75, 3.05) is 0 Å². The van der Waals surface area contributed by atoms with Gasteiger partial charge in [0.15, 0.2) is 0 Å². The van der Waals surface area contributed by atoms with E-state index in [4.69, 9.17) is 10.2 Å². The Labute approximate surface area is 56.8 Å². The first-order valence-corrected chi connectivity index (χ1v) is 4.60. The van der Waals surface area contributed by atoms with E-state index in [1.807, 2.05) is 5.09 Å². The third-order valence-corrected chi connectivity index (χ3v) is 1.70. The Morgan fingerprint density at radius 2 is 2.33 bits per heavy atom. The maximum atomic E-state index is 10.1. The second kappa shape index (κ2) is 3.24. The summed E-state index contributed by atoms with van der Waals surface area (Å²) in [6.45, 7) is -2.29. The maximum Gasteiger partial charge on any atom is 0.316 e. The molecule has 0 rings (SSSR count). The molecular weight excluding hydrogens is 165 g/mol. The molecule has 7 heteroatoms. The first kappa shape index (κ1) is 9.00. The van der Waals surface area contributed by atoms with Crippen molar-refractivity contribution >= 4 is 24.4 Å². The Bertz CT molecular complexity index is 159. The topological polar surface area (TPSA) is 78.8 Å². The van der Waals surface area contributed by atoms with Crippen LogP contribution >= 0.6 is 6.64 Å². The van der Waals surface area contributed by atoms with E-state index in [2.05, 4.69) is 16.5 Å². The number of hydrogen-bond acceptors (Lipinski definition) is 4. The molecule has 5 nitrogen and oxygen atoms in total. The zero-order valence-electron chi connectivity index (χ0n) is 4.57. The molecule has 3 N–H and O–H groups in total. The molecule has 9 heavy (non-hydrogen) atoms. The lowest BCUT2D eigenvalue weighted by atomic mass is 10.8. The molecule has 1 amide bonds. The highest BCUT2D eigenvalue weighted by molar-refractivity contribution is 8.08. The van der Waals surface area contributed by atoms with E-state index in [-0.39, 0.29) is 0 Å². The van der Waals surface area contributed by atoms with Crippen LogP contribution in [0.25, 0.3) is 0 Å².